The van der Waals surface area contributed by atoms with Crippen LogP contribution in [0.5, 0.6) is 11.5 Å². The first-order valence-electron chi connectivity index (χ1n) is 9.21. The number of carbonyl (C=O) groups excluding carboxylic acids is 2. The molecule has 0 radical (unpaired) electrons. The quantitative estimate of drug-likeness (QED) is 0.725. The van der Waals surface area contributed by atoms with E-state index >= 15 is 0 Å². The van der Waals surface area contributed by atoms with E-state index in [0.29, 0.717) is 35.7 Å². The first kappa shape index (κ1) is 21.5. The zero-order valence-electron chi connectivity index (χ0n) is 16.5. The van der Waals surface area contributed by atoms with Crippen LogP contribution in [0, 0.1) is 5.92 Å². The van der Waals surface area contributed by atoms with Crippen molar-refractivity contribution in [3.8, 4) is 11.5 Å². The molecule has 2 amide bonds. The molecule has 1 fully saturated rings. The summed E-state index contributed by atoms with van der Waals surface area (Å²) in [4.78, 5) is 26.8. The maximum absolute atomic E-state index is 12.8. The molecule has 160 valence electrons. The smallest absolute Gasteiger partial charge is 0.416 e. The van der Waals surface area contributed by atoms with Gasteiger partial charge in [-0.15, -0.1) is 0 Å². The molecule has 3 rings (SSSR count). The number of methoxy groups -OCH3 is 2. The number of anilines is 1. The highest BCUT2D eigenvalue weighted by Crippen LogP contribution is 2.33. The second-order valence-electron chi connectivity index (χ2n) is 6.82. The predicted molar refractivity (Wildman–Crippen MR) is 103 cm³/mol. The van der Waals surface area contributed by atoms with Crippen molar-refractivity contribution in [2.45, 2.75) is 19.1 Å². The number of halogens is 3. The largest absolute Gasteiger partial charge is 0.497 e. The number of amides is 2. The fraction of sp³-hybridized carbons (Fsp3) is 0.333. The molecular weight excluding hydrogens is 401 g/mol. The molecule has 1 aliphatic heterocycles. The van der Waals surface area contributed by atoms with Crippen molar-refractivity contribution in [3.63, 3.8) is 0 Å². The van der Waals surface area contributed by atoms with Gasteiger partial charge in [-0.1, -0.05) is 12.1 Å². The monoisotopic (exact) mass is 422 g/mol. The summed E-state index contributed by atoms with van der Waals surface area (Å²) >= 11 is 0. The van der Waals surface area contributed by atoms with E-state index in [1.165, 1.54) is 31.3 Å². The van der Waals surface area contributed by atoms with Crippen molar-refractivity contribution in [2.75, 3.05) is 25.7 Å². The molecule has 30 heavy (non-hydrogen) atoms. The number of hydrogen-bond donors (Lipinski definition) is 1. The zero-order chi connectivity index (χ0) is 21.9. The summed E-state index contributed by atoms with van der Waals surface area (Å²) < 4.78 is 48.9. The van der Waals surface area contributed by atoms with Crippen LogP contribution in [-0.2, 0) is 22.3 Å². The summed E-state index contributed by atoms with van der Waals surface area (Å²) in [6.07, 6.45) is -4.16. The Balaban J connectivity index is 1.67. The molecule has 0 spiro atoms. The molecule has 1 atom stereocenters. The Kier molecular flexibility index (Phi) is 6.19. The second-order valence-corrected chi connectivity index (χ2v) is 6.82. The third kappa shape index (κ3) is 4.67. The van der Waals surface area contributed by atoms with E-state index in [1.54, 1.807) is 18.2 Å². The van der Waals surface area contributed by atoms with Crippen molar-refractivity contribution >= 4 is 17.5 Å². The van der Waals surface area contributed by atoms with Crippen molar-refractivity contribution in [1.82, 2.24) is 5.32 Å². The molecule has 0 aliphatic carbocycles. The number of hydrogen-bond acceptors (Lipinski definition) is 4. The van der Waals surface area contributed by atoms with Crippen LogP contribution in [0.1, 0.15) is 17.5 Å². The van der Waals surface area contributed by atoms with E-state index in [2.05, 4.69) is 5.32 Å². The van der Waals surface area contributed by atoms with E-state index in [9.17, 15) is 22.8 Å². The molecule has 2 aromatic carbocycles. The van der Waals surface area contributed by atoms with E-state index < -0.39 is 23.6 Å². The molecule has 0 aromatic heterocycles. The minimum atomic E-state index is -4.46. The highest BCUT2D eigenvalue weighted by Gasteiger charge is 2.38. The summed E-state index contributed by atoms with van der Waals surface area (Å²) in [5.74, 6) is -0.793. The molecular formula is C21H21F3N2O4. The van der Waals surface area contributed by atoms with Crippen LogP contribution >= 0.6 is 0 Å². The molecule has 1 heterocycles. The summed E-state index contributed by atoms with van der Waals surface area (Å²) in [5.41, 5.74) is 0.0618. The lowest BCUT2D eigenvalue weighted by Gasteiger charge is -2.18. The third-order valence-corrected chi connectivity index (χ3v) is 4.89. The van der Waals surface area contributed by atoms with E-state index in [-0.39, 0.29) is 12.5 Å². The molecule has 1 aliphatic rings. The predicted octanol–water partition coefficient (Wildman–Crippen LogP) is 3.39. The Bertz CT molecular complexity index is 924. The number of nitrogens with zero attached hydrogens (tertiary/aromatic N) is 1. The van der Waals surface area contributed by atoms with Crippen LogP contribution in [0.3, 0.4) is 0 Å². The molecule has 9 heteroatoms. The maximum atomic E-state index is 12.8. The van der Waals surface area contributed by atoms with Gasteiger partial charge in [0.2, 0.25) is 11.8 Å². The summed E-state index contributed by atoms with van der Waals surface area (Å²) in [7, 11) is 2.99. The van der Waals surface area contributed by atoms with Gasteiger partial charge in [-0.05, 0) is 24.1 Å². The molecule has 1 N–H and O–H groups in total. The topological polar surface area (TPSA) is 67.9 Å². The SMILES string of the molecule is COc1cc(OC)cc(N2CCC(C(=O)NCc3cccc(C(F)(F)F)c3)C2=O)c1. The average molecular weight is 422 g/mol. The van der Waals surface area contributed by atoms with Crippen molar-refractivity contribution < 1.29 is 32.2 Å². The Morgan fingerprint density at radius 2 is 1.80 bits per heavy atom. The normalized spacial score (nSPS) is 16.5. The minimum absolute atomic E-state index is 0.0977. The Hall–Kier alpha value is -3.23. The van der Waals surface area contributed by atoms with Gasteiger partial charge in [-0.25, -0.2) is 0 Å². The van der Waals surface area contributed by atoms with E-state index in [0.717, 1.165) is 12.1 Å². The van der Waals surface area contributed by atoms with Gasteiger partial charge in [0.1, 0.15) is 17.4 Å². The maximum Gasteiger partial charge on any atom is 0.416 e. The van der Waals surface area contributed by atoms with Gasteiger partial charge in [-0.3, -0.25) is 9.59 Å². The van der Waals surface area contributed by atoms with Crippen LogP contribution < -0.4 is 19.7 Å². The number of ether oxygens (including phenoxy) is 2. The van der Waals surface area contributed by atoms with Gasteiger partial charge in [0.25, 0.3) is 0 Å². The highest BCUT2D eigenvalue weighted by molar-refractivity contribution is 6.09. The van der Waals surface area contributed by atoms with Crippen LogP contribution in [0.4, 0.5) is 18.9 Å². The lowest BCUT2D eigenvalue weighted by atomic mass is 10.1. The first-order chi connectivity index (χ1) is 14.2. The molecule has 0 saturated carbocycles. The summed E-state index contributed by atoms with van der Waals surface area (Å²) in [5, 5.41) is 2.56. The highest BCUT2D eigenvalue weighted by atomic mass is 19.4. The standard InChI is InChI=1S/C21H21F3N2O4/c1-29-16-9-15(10-17(11-16)30-2)26-7-6-18(20(26)28)19(27)25-12-13-4-3-5-14(8-13)21(22,23)24/h3-5,8-11,18H,6-7,12H2,1-2H3,(H,25,27). The molecule has 6 nitrogen and oxygen atoms in total. The Morgan fingerprint density at radius 1 is 1.13 bits per heavy atom. The van der Waals surface area contributed by atoms with Gasteiger partial charge in [0, 0.05) is 31.3 Å². The first-order valence-corrected chi connectivity index (χ1v) is 9.21. The van der Waals surface area contributed by atoms with E-state index in [4.69, 9.17) is 9.47 Å². The van der Waals surface area contributed by atoms with Crippen LogP contribution in [0.25, 0.3) is 0 Å². The van der Waals surface area contributed by atoms with Crippen molar-refractivity contribution in [2.24, 2.45) is 5.92 Å². The Morgan fingerprint density at radius 3 is 2.40 bits per heavy atom. The minimum Gasteiger partial charge on any atom is -0.497 e. The van der Waals surface area contributed by atoms with Crippen molar-refractivity contribution in [3.05, 3.63) is 53.6 Å². The van der Waals surface area contributed by atoms with Crippen LogP contribution in [0.15, 0.2) is 42.5 Å². The number of carbonyl (C=O) groups is 2. The number of benzene rings is 2. The van der Waals surface area contributed by atoms with Gasteiger partial charge < -0.3 is 19.7 Å². The fourth-order valence-corrected chi connectivity index (χ4v) is 3.30. The second kappa shape index (κ2) is 8.64. The van der Waals surface area contributed by atoms with Crippen LogP contribution in [-0.4, -0.2) is 32.6 Å². The number of rotatable bonds is 6. The molecule has 2 aromatic rings. The molecule has 1 unspecified atom stereocenters. The zero-order valence-corrected chi connectivity index (χ0v) is 16.5. The van der Waals surface area contributed by atoms with Gasteiger partial charge in [-0.2, -0.15) is 13.2 Å². The average Bonchev–Trinajstić information content (AvgIpc) is 3.12. The van der Waals surface area contributed by atoms with Gasteiger partial charge >= 0.3 is 6.18 Å². The lowest BCUT2D eigenvalue weighted by Crippen LogP contribution is -2.36. The third-order valence-electron chi connectivity index (χ3n) is 4.89. The number of alkyl halides is 3. The van der Waals surface area contributed by atoms with Crippen molar-refractivity contribution in [1.29, 1.82) is 0 Å². The van der Waals surface area contributed by atoms with Crippen LogP contribution in [0.2, 0.25) is 0 Å². The fourth-order valence-electron chi connectivity index (χ4n) is 3.30. The lowest BCUT2D eigenvalue weighted by molar-refractivity contribution is -0.137. The van der Waals surface area contributed by atoms with Gasteiger partial charge in [0.05, 0.1) is 25.5 Å². The number of nitrogens with one attached hydrogen (secondary N) is 1. The van der Waals surface area contributed by atoms with Gasteiger partial charge in [0.15, 0.2) is 0 Å². The molecule has 1 saturated heterocycles. The summed E-state index contributed by atoms with van der Waals surface area (Å²) in [6.45, 7) is 0.232. The molecule has 0 bridgehead atoms. The Labute approximate surface area is 171 Å². The van der Waals surface area contributed by atoms with E-state index in [1.807, 2.05) is 0 Å². The summed E-state index contributed by atoms with van der Waals surface area (Å²) in [6, 6.07) is 9.72.